The lowest BCUT2D eigenvalue weighted by Crippen LogP contribution is -2.47. The quantitative estimate of drug-likeness (QED) is 0.670. The zero-order valence-electron chi connectivity index (χ0n) is 15.1. The highest BCUT2D eigenvalue weighted by atomic mass is 16.5. The van der Waals surface area contributed by atoms with Crippen LogP contribution in [0.2, 0.25) is 0 Å². The first-order chi connectivity index (χ1) is 13.4. The van der Waals surface area contributed by atoms with Crippen molar-refractivity contribution in [2.75, 3.05) is 67.2 Å². The molecule has 5 rings (SSSR count). The number of ether oxygens (including phenoxy) is 1. The third-order valence-electron chi connectivity index (χ3n) is 5.14. The molecule has 9 heteroatoms. The largest absolute Gasteiger partial charge is 0.378 e. The van der Waals surface area contributed by atoms with Crippen molar-refractivity contribution in [3.05, 3.63) is 36.7 Å². The molecule has 0 aromatic carbocycles. The third-order valence-corrected chi connectivity index (χ3v) is 5.14. The highest BCUT2D eigenvalue weighted by Crippen LogP contribution is 2.20. The third kappa shape index (κ3) is 3.25. The Kier molecular flexibility index (Phi) is 4.21. The van der Waals surface area contributed by atoms with Crippen LogP contribution in [0.1, 0.15) is 0 Å². The fraction of sp³-hybridized carbons (Fsp3) is 0.444. The Morgan fingerprint density at radius 1 is 0.704 bits per heavy atom. The monoisotopic (exact) mass is 366 g/mol. The summed E-state index contributed by atoms with van der Waals surface area (Å²) in [6, 6.07) is 8.08. The van der Waals surface area contributed by atoms with Gasteiger partial charge in [-0.25, -0.2) is 9.50 Å². The molecule has 0 radical (unpaired) electrons. The van der Waals surface area contributed by atoms with E-state index < -0.39 is 0 Å². The molecule has 0 bridgehead atoms. The first kappa shape index (κ1) is 16.2. The van der Waals surface area contributed by atoms with Crippen molar-refractivity contribution in [1.29, 1.82) is 0 Å². The molecule has 2 aliphatic heterocycles. The van der Waals surface area contributed by atoms with Crippen LogP contribution in [0, 0.1) is 0 Å². The van der Waals surface area contributed by atoms with Crippen molar-refractivity contribution in [3.8, 4) is 0 Å². The molecule has 0 amide bonds. The average Bonchev–Trinajstić information content (AvgIpc) is 3.23. The number of fused-ring (bicyclic) bond motifs is 1. The van der Waals surface area contributed by atoms with Crippen LogP contribution < -0.4 is 14.7 Å². The summed E-state index contributed by atoms with van der Waals surface area (Å²) in [6.07, 6.45) is 3.73. The summed E-state index contributed by atoms with van der Waals surface area (Å²) in [5.41, 5.74) is 0.875. The van der Waals surface area contributed by atoms with Gasteiger partial charge in [-0.2, -0.15) is 5.10 Å². The molecule has 0 unspecified atom stereocenters. The number of morpholine rings is 1. The second kappa shape index (κ2) is 6.99. The van der Waals surface area contributed by atoms with Crippen molar-refractivity contribution >= 4 is 23.1 Å². The molecule has 9 nitrogen and oxygen atoms in total. The van der Waals surface area contributed by atoms with Crippen LogP contribution in [-0.4, -0.2) is 77.3 Å². The van der Waals surface area contributed by atoms with Crippen LogP contribution in [0.3, 0.4) is 0 Å². The summed E-state index contributed by atoms with van der Waals surface area (Å²) >= 11 is 0. The predicted molar refractivity (Wildman–Crippen MR) is 102 cm³/mol. The van der Waals surface area contributed by atoms with Crippen molar-refractivity contribution in [3.63, 3.8) is 0 Å². The zero-order chi connectivity index (χ0) is 18.1. The minimum Gasteiger partial charge on any atom is -0.378 e. The van der Waals surface area contributed by atoms with E-state index in [0.717, 1.165) is 75.6 Å². The van der Waals surface area contributed by atoms with Crippen LogP contribution >= 0.6 is 0 Å². The van der Waals surface area contributed by atoms with Crippen LogP contribution in [0.4, 0.5) is 17.5 Å². The first-order valence-corrected chi connectivity index (χ1v) is 9.33. The smallest absolute Gasteiger partial charge is 0.157 e. The van der Waals surface area contributed by atoms with Crippen LogP contribution in [0.15, 0.2) is 36.7 Å². The molecule has 3 aromatic heterocycles. The number of hydrogen-bond donors (Lipinski definition) is 0. The zero-order valence-corrected chi connectivity index (χ0v) is 15.1. The van der Waals surface area contributed by atoms with E-state index in [4.69, 9.17) is 4.74 Å². The molecule has 140 valence electrons. The SMILES string of the molecule is c1cc2nc(N3CCN(c4ccc(N5CCOCC5)nn4)CC3)ccn2n1. The van der Waals surface area contributed by atoms with Gasteiger partial charge in [-0.3, -0.25) is 0 Å². The topological polar surface area (TPSA) is 74.9 Å². The molecular formula is C18H22N8O. The maximum absolute atomic E-state index is 5.39. The minimum absolute atomic E-state index is 0.754. The number of anilines is 3. The van der Waals surface area contributed by atoms with E-state index in [2.05, 4.69) is 47.1 Å². The number of hydrogen-bond acceptors (Lipinski definition) is 8. The van der Waals surface area contributed by atoms with Gasteiger partial charge in [-0.15, -0.1) is 10.2 Å². The van der Waals surface area contributed by atoms with E-state index in [1.54, 1.807) is 10.7 Å². The van der Waals surface area contributed by atoms with Gasteiger partial charge in [0, 0.05) is 51.5 Å². The molecule has 0 aliphatic carbocycles. The Bertz CT molecular complexity index is 897. The summed E-state index contributed by atoms with van der Waals surface area (Å²) in [4.78, 5) is 11.5. The van der Waals surface area contributed by atoms with Crippen molar-refractivity contribution in [1.82, 2.24) is 24.8 Å². The predicted octanol–water partition coefficient (Wildman–Crippen LogP) is 0.682. The van der Waals surface area contributed by atoms with Gasteiger partial charge in [0.2, 0.25) is 0 Å². The summed E-state index contributed by atoms with van der Waals surface area (Å²) in [6.45, 7) is 6.88. The maximum Gasteiger partial charge on any atom is 0.157 e. The Hall–Kier alpha value is -2.94. The molecule has 2 fully saturated rings. The number of nitrogens with zero attached hydrogens (tertiary/aromatic N) is 8. The fourth-order valence-corrected chi connectivity index (χ4v) is 3.59. The van der Waals surface area contributed by atoms with Crippen LogP contribution in [0.5, 0.6) is 0 Å². The van der Waals surface area contributed by atoms with Gasteiger partial charge >= 0.3 is 0 Å². The van der Waals surface area contributed by atoms with E-state index in [1.807, 2.05) is 18.3 Å². The Morgan fingerprint density at radius 2 is 1.33 bits per heavy atom. The van der Waals surface area contributed by atoms with Crippen molar-refractivity contribution in [2.45, 2.75) is 0 Å². The average molecular weight is 366 g/mol. The van der Waals surface area contributed by atoms with Crippen LogP contribution in [0.25, 0.3) is 5.65 Å². The maximum atomic E-state index is 5.39. The van der Waals surface area contributed by atoms with Gasteiger partial charge in [-0.05, 0) is 18.2 Å². The Labute approximate surface area is 157 Å². The lowest BCUT2D eigenvalue weighted by molar-refractivity contribution is 0.122. The number of piperazine rings is 1. The summed E-state index contributed by atoms with van der Waals surface area (Å²) in [7, 11) is 0. The van der Waals surface area contributed by atoms with E-state index in [0.29, 0.717) is 0 Å². The summed E-state index contributed by atoms with van der Waals surface area (Å²) in [5.74, 6) is 2.86. The van der Waals surface area contributed by atoms with E-state index in [-0.39, 0.29) is 0 Å². The molecule has 0 atom stereocenters. The molecule has 3 aromatic rings. The second-order valence-electron chi connectivity index (χ2n) is 6.74. The molecule has 2 aliphatic rings. The molecular weight excluding hydrogens is 344 g/mol. The minimum atomic E-state index is 0.754. The molecule has 0 N–H and O–H groups in total. The van der Waals surface area contributed by atoms with Crippen molar-refractivity contribution < 1.29 is 4.74 Å². The van der Waals surface area contributed by atoms with Crippen LogP contribution in [-0.2, 0) is 4.74 Å². The first-order valence-electron chi connectivity index (χ1n) is 9.33. The molecule has 0 spiro atoms. The fourth-order valence-electron chi connectivity index (χ4n) is 3.59. The normalized spacial score (nSPS) is 18.3. The van der Waals surface area contributed by atoms with E-state index in [1.165, 1.54) is 0 Å². The van der Waals surface area contributed by atoms with Gasteiger partial charge in [0.25, 0.3) is 0 Å². The highest BCUT2D eigenvalue weighted by Gasteiger charge is 2.20. The van der Waals surface area contributed by atoms with Gasteiger partial charge in [0.05, 0.1) is 19.4 Å². The van der Waals surface area contributed by atoms with E-state index >= 15 is 0 Å². The van der Waals surface area contributed by atoms with Gasteiger partial charge in [0.15, 0.2) is 17.3 Å². The summed E-state index contributed by atoms with van der Waals surface area (Å²) in [5, 5.41) is 13.1. The molecule has 2 saturated heterocycles. The number of rotatable bonds is 3. The Balaban J connectivity index is 1.23. The second-order valence-corrected chi connectivity index (χ2v) is 6.74. The molecule has 0 saturated carbocycles. The van der Waals surface area contributed by atoms with Crippen molar-refractivity contribution in [2.24, 2.45) is 0 Å². The lowest BCUT2D eigenvalue weighted by atomic mass is 10.3. The highest BCUT2D eigenvalue weighted by molar-refractivity contribution is 5.50. The molecule has 27 heavy (non-hydrogen) atoms. The number of aromatic nitrogens is 5. The van der Waals surface area contributed by atoms with Gasteiger partial charge in [-0.1, -0.05) is 0 Å². The standard InChI is InChI=1S/C18H22N8O/c1-2-18(25-11-13-27-14-12-25)22-21-17(1)24-9-7-23(8-10-24)15-4-6-26-16(20-15)3-5-19-26/h1-6H,7-14H2. The van der Waals surface area contributed by atoms with Gasteiger partial charge in [0.1, 0.15) is 5.82 Å². The van der Waals surface area contributed by atoms with E-state index in [9.17, 15) is 0 Å². The van der Waals surface area contributed by atoms with Gasteiger partial charge < -0.3 is 19.4 Å². The summed E-state index contributed by atoms with van der Waals surface area (Å²) < 4.78 is 7.18. The lowest BCUT2D eigenvalue weighted by Gasteiger charge is -2.36. The molecule has 5 heterocycles. The Morgan fingerprint density at radius 3 is 2.00 bits per heavy atom.